The van der Waals surface area contributed by atoms with E-state index in [4.69, 9.17) is 11.5 Å². The number of primary amides is 2. The molecular formula is C22H23N3O7. The molecule has 10 nitrogen and oxygen atoms in total. The van der Waals surface area contributed by atoms with Gasteiger partial charge in [0.05, 0.1) is 6.04 Å². The zero-order chi connectivity index (χ0) is 23.7. The van der Waals surface area contributed by atoms with Crippen LogP contribution in [0.1, 0.15) is 27.9 Å². The average Bonchev–Trinajstić information content (AvgIpc) is 2.70. The fourth-order valence-electron chi connectivity index (χ4n) is 5.29. The van der Waals surface area contributed by atoms with Gasteiger partial charge in [-0.1, -0.05) is 6.07 Å². The molecule has 1 saturated carbocycles. The lowest BCUT2D eigenvalue weighted by Gasteiger charge is -2.50. The Balaban J connectivity index is 1.95. The highest BCUT2D eigenvalue weighted by molar-refractivity contribution is 6.24. The predicted octanol–water partition coefficient (Wildman–Crippen LogP) is -0.643. The molecule has 3 aliphatic rings. The maximum atomic E-state index is 13.6. The van der Waals surface area contributed by atoms with Gasteiger partial charge in [0.25, 0.3) is 5.91 Å². The smallest absolute Gasteiger partial charge is 0.255 e. The van der Waals surface area contributed by atoms with Gasteiger partial charge in [-0.15, -0.1) is 0 Å². The lowest BCUT2D eigenvalue weighted by atomic mass is 9.57. The van der Waals surface area contributed by atoms with Crippen molar-refractivity contribution < 1.29 is 34.5 Å². The van der Waals surface area contributed by atoms with Crippen LogP contribution in [0.2, 0.25) is 0 Å². The lowest BCUT2D eigenvalue weighted by molar-refractivity contribution is -0.153. The molecule has 0 aromatic heterocycles. The predicted molar refractivity (Wildman–Crippen MR) is 111 cm³/mol. The van der Waals surface area contributed by atoms with Crippen molar-refractivity contribution in [1.82, 2.24) is 4.90 Å². The highest BCUT2D eigenvalue weighted by Crippen LogP contribution is 2.51. The van der Waals surface area contributed by atoms with Crippen molar-refractivity contribution in [2.24, 2.45) is 23.3 Å². The minimum atomic E-state index is -2.62. The second-order valence-corrected chi connectivity index (χ2v) is 8.70. The summed E-state index contributed by atoms with van der Waals surface area (Å²) >= 11 is 0. The molecule has 1 aromatic rings. The minimum absolute atomic E-state index is 0.0728. The van der Waals surface area contributed by atoms with Gasteiger partial charge in [-0.2, -0.15) is 0 Å². The van der Waals surface area contributed by atoms with E-state index in [1.807, 2.05) is 0 Å². The highest BCUT2D eigenvalue weighted by Gasteiger charge is 2.64. The summed E-state index contributed by atoms with van der Waals surface area (Å²) in [5, 5.41) is 33.1. The number of nitrogens with two attached hydrogens (primary N) is 2. The maximum absolute atomic E-state index is 13.6. The second kappa shape index (κ2) is 7.01. The summed E-state index contributed by atoms with van der Waals surface area (Å²) < 4.78 is 0. The number of Topliss-reactive ketones (excluding diaryl/α,β-unsaturated/α-hetero) is 2. The average molecular weight is 441 g/mol. The molecule has 2 amide bonds. The summed E-state index contributed by atoms with van der Waals surface area (Å²) in [6, 6.07) is 3.41. The van der Waals surface area contributed by atoms with Crippen LogP contribution in [0.4, 0.5) is 0 Å². The second-order valence-electron chi connectivity index (χ2n) is 8.70. The molecule has 3 aliphatic carbocycles. The van der Waals surface area contributed by atoms with E-state index in [9.17, 15) is 34.5 Å². The topological polar surface area (TPSA) is 184 Å². The van der Waals surface area contributed by atoms with Gasteiger partial charge in [0.15, 0.2) is 11.4 Å². The van der Waals surface area contributed by atoms with Crippen LogP contribution in [0.15, 0.2) is 35.1 Å². The van der Waals surface area contributed by atoms with Gasteiger partial charge in [0.1, 0.15) is 17.1 Å². The number of amides is 2. The Morgan fingerprint density at radius 2 is 1.78 bits per heavy atom. The molecule has 1 fully saturated rings. The number of hydrogen-bond donors (Lipinski definition) is 5. The fourth-order valence-corrected chi connectivity index (χ4v) is 5.29. The molecule has 0 saturated heterocycles. The molecule has 0 spiro atoms. The lowest BCUT2D eigenvalue weighted by Crippen LogP contribution is -2.65. The molecule has 1 aromatic carbocycles. The quantitative estimate of drug-likeness (QED) is 0.383. The van der Waals surface area contributed by atoms with Crippen molar-refractivity contribution >= 4 is 29.1 Å². The van der Waals surface area contributed by atoms with Gasteiger partial charge in [-0.25, -0.2) is 0 Å². The molecule has 0 radical (unpaired) electrons. The molecule has 168 valence electrons. The maximum Gasteiger partial charge on any atom is 0.255 e. The number of nitrogens with zero attached hydrogens (tertiary/aromatic N) is 1. The Hall–Kier alpha value is -3.50. The van der Waals surface area contributed by atoms with E-state index in [1.165, 1.54) is 17.0 Å². The Morgan fingerprint density at radius 1 is 1.12 bits per heavy atom. The van der Waals surface area contributed by atoms with Crippen LogP contribution in [-0.2, 0) is 20.8 Å². The van der Waals surface area contributed by atoms with Crippen LogP contribution >= 0.6 is 0 Å². The molecular weight excluding hydrogens is 418 g/mol. The normalized spacial score (nSPS) is 29.6. The molecule has 10 heteroatoms. The third kappa shape index (κ3) is 2.73. The largest absolute Gasteiger partial charge is 0.508 e. The third-order valence-electron chi connectivity index (χ3n) is 6.74. The summed E-state index contributed by atoms with van der Waals surface area (Å²) in [5.74, 6) is -6.94. The molecule has 4 rings (SSSR count). The van der Waals surface area contributed by atoms with Gasteiger partial charge < -0.3 is 26.8 Å². The summed E-state index contributed by atoms with van der Waals surface area (Å²) in [6.07, 6.45) is 0.372. The highest BCUT2D eigenvalue weighted by atomic mass is 16.3. The summed E-state index contributed by atoms with van der Waals surface area (Å²) in [5.41, 5.74) is 8.02. The first kappa shape index (κ1) is 21.7. The number of benzene rings is 1. The van der Waals surface area contributed by atoms with E-state index in [2.05, 4.69) is 0 Å². The van der Waals surface area contributed by atoms with Gasteiger partial charge in [-0.05, 0) is 50.6 Å². The zero-order valence-corrected chi connectivity index (χ0v) is 17.5. The Labute approximate surface area is 182 Å². The Morgan fingerprint density at radius 3 is 2.34 bits per heavy atom. The summed E-state index contributed by atoms with van der Waals surface area (Å²) in [4.78, 5) is 51.5. The number of rotatable bonds is 3. The first-order valence-corrected chi connectivity index (χ1v) is 9.98. The number of fused-ring (bicyclic) bond motifs is 3. The fraction of sp³-hybridized carbons (Fsp3) is 0.364. The van der Waals surface area contributed by atoms with Crippen molar-refractivity contribution in [3.63, 3.8) is 0 Å². The minimum Gasteiger partial charge on any atom is -0.508 e. The van der Waals surface area contributed by atoms with E-state index >= 15 is 0 Å². The first-order valence-electron chi connectivity index (χ1n) is 9.98. The number of carbonyl (C=O) groups is 4. The standard InChI is InChI=1S/C22H23N3O7/c1-25(2)15-12-7-10-5-8-3-4-9(20(23)30)6-11(8)16(26)13(10)18(28)22(12,32)19(29)14(17(15)27)21(24)31/h3-4,6,10,12,15,26,29,32H,5,7H2,1-2H3,(H2,23,30)(H2,24,31)/t10?,12?,15?,22-/m0/s1. The SMILES string of the molecule is CN(C)C1C(=O)C(C(N)=O)=C(O)[C@@]2(O)C(=O)C3=C(O)c4cc(C(N)=O)ccc4CC3CC12. The van der Waals surface area contributed by atoms with E-state index in [1.54, 1.807) is 20.2 Å². The zero-order valence-electron chi connectivity index (χ0n) is 17.5. The Kier molecular flexibility index (Phi) is 4.76. The first-order chi connectivity index (χ1) is 14.9. The number of likely N-dealkylation sites (N-methyl/N-ethyl adjacent to an activating group) is 1. The van der Waals surface area contributed by atoms with Crippen LogP contribution in [0.25, 0.3) is 5.76 Å². The van der Waals surface area contributed by atoms with Crippen molar-refractivity contribution in [1.29, 1.82) is 0 Å². The summed E-state index contributed by atoms with van der Waals surface area (Å²) in [6.45, 7) is 0. The van der Waals surface area contributed by atoms with Crippen LogP contribution in [0.5, 0.6) is 0 Å². The molecule has 3 unspecified atom stereocenters. The molecule has 0 heterocycles. The van der Waals surface area contributed by atoms with E-state index < -0.39 is 64.0 Å². The van der Waals surface area contributed by atoms with Crippen molar-refractivity contribution in [2.45, 2.75) is 24.5 Å². The molecule has 4 atom stereocenters. The van der Waals surface area contributed by atoms with E-state index in [0.717, 1.165) is 0 Å². The monoisotopic (exact) mass is 441 g/mol. The van der Waals surface area contributed by atoms with Crippen LogP contribution < -0.4 is 11.5 Å². The number of aliphatic hydroxyl groups excluding tert-OH is 2. The van der Waals surface area contributed by atoms with Gasteiger partial charge in [0.2, 0.25) is 11.7 Å². The number of aliphatic hydroxyl groups is 3. The molecule has 32 heavy (non-hydrogen) atoms. The van der Waals surface area contributed by atoms with Gasteiger partial charge >= 0.3 is 0 Å². The third-order valence-corrected chi connectivity index (χ3v) is 6.74. The van der Waals surface area contributed by atoms with Crippen molar-refractivity contribution in [2.75, 3.05) is 14.1 Å². The number of ketones is 2. The van der Waals surface area contributed by atoms with Crippen LogP contribution in [0.3, 0.4) is 0 Å². The molecule has 0 aliphatic heterocycles. The molecule has 0 bridgehead atoms. The van der Waals surface area contributed by atoms with Gasteiger partial charge in [0, 0.05) is 22.6 Å². The van der Waals surface area contributed by atoms with Crippen molar-refractivity contribution in [3.8, 4) is 0 Å². The van der Waals surface area contributed by atoms with Crippen LogP contribution in [-0.4, -0.2) is 69.3 Å². The number of hydrogen-bond acceptors (Lipinski definition) is 8. The van der Waals surface area contributed by atoms with Crippen molar-refractivity contribution in [3.05, 3.63) is 51.8 Å². The van der Waals surface area contributed by atoms with E-state index in [0.29, 0.717) is 12.0 Å². The summed E-state index contributed by atoms with van der Waals surface area (Å²) in [7, 11) is 3.11. The Bertz CT molecular complexity index is 1170. The van der Waals surface area contributed by atoms with E-state index in [-0.39, 0.29) is 23.1 Å². The van der Waals surface area contributed by atoms with Crippen LogP contribution in [0, 0.1) is 11.8 Å². The molecule has 7 N–H and O–H groups in total. The number of carbonyl (C=O) groups excluding carboxylic acids is 4. The van der Waals surface area contributed by atoms with Gasteiger partial charge in [-0.3, -0.25) is 24.1 Å².